The van der Waals surface area contributed by atoms with E-state index in [0.717, 1.165) is 0 Å². The largest absolute Gasteiger partial charge is 3.00 e. The molecule has 0 fully saturated rings. The van der Waals surface area contributed by atoms with Gasteiger partial charge in [0.1, 0.15) is 0 Å². The maximum Gasteiger partial charge on any atom is 3.00 e. The van der Waals surface area contributed by atoms with Gasteiger partial charge in [-0.1, -0.05) is 0 Å². The summed E-state index contributed by atoms with van der Waals surface area (Å²) in [6.07, 6.45) is 0. The second-order valence-corrected chi connectivity index (χ2v) is 0. The first-order chi connectivity index (χ1) is 2.00. The molecule has 0 aliphatic heterocycles. The fraction of sp³-hybridized carbons (Fsp3) is 0. The first-order valence-electron chi connectivity index (χ1n) is 0.408. The maximum absolute atomic E-state index is 7.50. The molecule has 0 unspecified atom stereocenters. The van der Waals surface area contributed by atoms with Crippen molar-refractivity contribution in [2.75, 3.05) is 0 Å². The van der Waals surface area contributed by atoms with Crippen molar-refractivity contribution >= 4 is 0 Å². The van der Waals surface area contributed by atoms with Crippen molar-refractivity contribution in [3.05, 3.63) is 20.7 Å². The summed E-state index contributed by atoms with van der Waals surface area (Å²) in [7, 11) is 0. The Hall–Kier alpha value is -0.000519. The zero-order chi connectivity index (χ0) is 4.00. The van der Waals surface area contributed by atoms with E-state index in [9.17, 15) is 0 Å². The quantitative estimate of drug-likeness (QED) is 0.255. The van der Waals surface area contributed by atoms with Crippen molar-refractivity contribution < 1.29 is 26.4 Å². The van der Waals surface area contributed by atoms with Crippen LogP contribution >= 0.6 is 0 Å². The van der Waals surface area contributed by atoms with E-state index in [-0.39, 0.29) is 24.5 Å². The zero-order valence-electron chi connectivity index (χ0n) is 3.19. The molecular weight excluding hydrogens is 123 g/mol. The van der Waals surface area contributed by atoms with E-state index in [4.69, 9.17) is 9.30 Å². The van der Waals surface area contributed by atoms with Crippen molar-refractivity contribution in [3.8, 4) is 0 Å². The molecule has 6 heavy (non-hydrogen) atoms. The molecule has 3 heteroatoms. The molecule has 0 rings (SSSR count). The maximum atomic E-state index is 7.50. The summed E-state index contributed by atoms with van der Waals surface area (Å²) in [6.45, 7) is 9.00. The molecule has 0 atom stereocenters. The summed E-state index contributed by atoms with van der Waals surface area (Å²) >= 11 is 0. The van der Waals surface area contributed by atoms with Crippen molar-refractivity contribution in [2.45, 2.75) is 0 Å². The average Bonchev–Trinajstić information content (AvgIpc) is 1.50. The standard InChI is InChI=1S/2CO.CH3.Mn/c2*1-2;;/h;;1H3;/q;;-1;+3. The van der Waals surface area contributed by atoms with Crippen LogP contribution in [0.5, 0.6) is 0 Å². The van der Waals surface area contributed by atoms with E-state index in [2.05, 4.69) is 13.3 Å². The first kappa shape index (κ1) is 37.5. The number of hydrogen-bond acceptors (Lipinski definition) is 0. The van der Waals surface area contributed by atoms with Crippen LogP contribution in [-0.4, -0.2) is 0 Å². The molecule has 0 N–H and O–H groups in total. The summed E-state index contributed by atoms with van der Waals surface area (Å²) in [5.41, 5.74) is 0. The molecule has 0 aliphatic carbocycles. The molecule has 0 bridgehead atoms. The molecule has 0 aromatic carbocycles. The van der Waals surface area contributed by atoms with Gasteiger partial charge in [-0.2, -0.15) is 0 Å². The molecule has 32 valence electrons. The van der Waals surface area contributed by atoms with E-state index in [0.29, 0.717) is 0 Å². The molecule has 0 saturated carbocycles. The molecule has 0 heterocycles. The van der Waals surface area contributed by atoms with Crippen LogP contribution < -0.4 is 0 Å². The fourth-order valence-electron chi connectivity index (χ4n) is 0. The van der Waals surface area contributed by atoms with Crippen LogP contribution in [0.25, 0.3) is 0 Å². The molecule has 0 amide bonds. The molecule has 0 aliphatic rings. The van der Waals surface area contributed by atoms with Gasteiger partial charge in [0.05, 0.1) is 0 Å². The van der Waals surface area contributed by atoms with Gasteiger partial charge in [0.15, 0.2) is 0 Å². The molecule has 0 radical (unpaired) electrons. The summed E-state index contributed by atoms with van der Waals surface area (Å²) < 4.78 is 15.0. The van der Waals surface area contributed by atoms with Gasteiger partial charge < -0.3 is 7.43 Å². The normalized spacial score (nSPS) is 0.667. The van der Waals surface area contributed by atoms with Crippen LogP contribution in [0.3, 0.4) is 0 Å². The second-order valence-electron chi connectivity index (χ2n) is 0. The Labute approximate surface area is 47.8 Å². The van der Waals surface area contributed by atoms with Crippen LogP contribution in [0.15, 0.2) is 0 Å². The Kier molecular flexibility index (Phi) is 1850000000. The van der Waals surface area contributed by atoms with Crippen LogP contribution in [0.1, 0.15) is 0 Å². The van der Waals surface area contributed by atoms with E-state index >= 15 is 0 Å². The van der Waals surface area contributed by atoms with Gasteiger partial charge >= 0.3 is 39.7 Å². The number of hydrogen-bond donors (Lipinski definition) is 0. The van der Waals surface area contributed by atoms with E-state index in [1.54, 1.807) is 0 Å². The number of rotatable bonds is 0. The van der Waals surface area contributed by atoms with Gasteiger partial charge in [0.25, 0.3) is 0 Å². The molecule has 2 nitrogen and oxygen atoms in total. The van der Waals surface area contributed by atoms with E-state index < -0.39 is 0 Å². The predicted octanol–water partition coefficient (Wildman–Crippen LogP) is 0.373. The Balaban J connectivity index is -0.00000000500. The third kappa shape index (κ3) is 133000000. The van der Waals surface area contributed by atoms with E-state index in [1.807, 2.05) is 0 Å². The fourth-order valence-corrected chi connectivity index (χ4v) is 0. The third-order valence-corrected chi connectivity index (χ3v) is 0. The zero-order valence-corrected chi connectivity index (χ0v) is 4.37. The van der Waals surface area contributed by atoms with Crippen molar-refractivity contribution in [1.29, 1.82) is 0 Å². The van der Waals surface area contributed by atoms with Crippen molar-refractivity contribution in [2.24, 2.45) is 0 Å². The predicted molar refractivity (Wildman–Crippen MR) is 14.3 cm³/mol. The molecule has 0 aromatic rings. The van der Waals surface area contributed by atoms with Gasteiger partial charge in [-0.05, 0) is 0 Å². The van der Waals surface area contributed by atoms with Gasteiger partial charge in [-0.3, -0.25) is 0 Å². The topological polar surface area (TPSA) is 39.8 Å². The average molecular weight is 126 g/mol. The molecular formula is C3H3MnO2+2. The molecule has 0 aromatic heterocycles. The van der Waals surface area contributed by atoms with Gasteiger partial charge in [-0.15, -0.1) is 0 Å². The van der Waals surface area contributed by atoms with Crippen LogP contribution in [0, 0.1) is 20.7 Å². The van der Waals surface area contributed by atoms with Crippen molar-refractivity contribution in [1.82, 2.24) is 0 Å². The third-order valence-electron chi connectivity index (χ3n) is 0. The van der Waals surface area contributed by atoms with E-state index in [1.165, 1.54) is 0 Å². The van der Waals surface area contributed by atoms with Crippen LogP contribution in [0.2, 0.25) is 0 Å². The van der Waals surface area contributed by atoms with Crippen molar-refractivity contribution in [3.63, 3.8) is 0 Å². The summed E-state index contributed by atoms with van der Waals surface area (Å²) in [6, 6.07) is 0. The minimum atomic E-state index is 0. The Bertz CT molecular complexity index is 24.3. The summed E-state index contributed by atoms with van der Waals surface area (Å²) in [5.74, 6) is 0. The van der Waals surface area contributed by atoms with Gasteiger partial charge in [0, 0.05) is 0 Å². The Morgan fingerprint density at radius 2 is 0.833 bits per heavy atom. The molecule has 0 spiro atoms. The van der Waals surface area contributed by atoms with Crippen LogP contribution in [-0.2, 0) is 26.4 Å². The summed E-state index contributed by atoms with van der Waals surface area (Å²) in [5, 5.41) is 0. The van der Waals surface area contributed by atoms with Gasteiger partial charge in [0.2, 0.25) is 0 Å². The SMILES string of the molecule is [C-]#[O+].[C-]#[O+].[CH3-].[Mn+3]. The smallest absolute Gasteiger partial charge is 0.358 e. The monoisotopic (exact) mass is 126 g/mol. The second kappa shape index (κ2) is 296000000. The van der Waals surface area contributed by atoms with Crippen LogP contribution in [0.4, 0.5) is 0 Å². The minimum absolute atomic E-state index is 0. The minimum Gasteiger partial charge on any atom is -0.358 e. The Morgan fingerprint density at radius 3 is 0.833 bits per heavy atom. The summed E-state index contributed by atoms with van der Waals surface area (Å²) in [4.78, 5) is 0. The van der Waals surface area contributed by atoms with Gasteiger partial charge in [-0.25, -0.2) is 0 Å². The Morgan fingerprint density at radius 1 is 0.833 bits per heavy atom. The first-order valence-corrected chi connectivity index (χ1v) is 0.408. The molecule has 0 saturated heterocycles.